The summed E-state index contributed by atoms with van der Waals surface area (Å²) in [6.07, 6.45) is 0. The molecular formula is C23H27N3O3S. The number of anilines is 2. The Morgan fingerprint density at radius 2 is 1.97 bits per heavy atom. The predicted molar refractivity (Wildman–Crippen MR) is 122 cm³/mol. The molecule has 0 unspecified atom stereocenters. The Morgan fingerprint density at radius 1 is 1.20 bits per heavy atom. The van der Waals surface area contributed by atoms with E-state index < -0.39 is 6.04 Å². The number of methoxy groups -OCH3 is 2. The van der Waals surface area contributed by atoms with Gasteiger partial charge in [0.25, 0.3) is 0 Å². The first-order valence-corrected chi connectivity index (χ1v) is 10.6. The van der Waals surface area contributed by atoms with Crippen molar-refractivity contribution in [1.82, 2.24) is 10.3 Å². The third-order valence-corrected chi connectivity index (χ3v) is 5.58. The molecule has 1 heterocycles. The van der Waals surface area contributed by atoms with Crippen molar-refractivity contribution in [3.05, 3.63) is 59.5 Å². The molecule has 1 aromatic heterocycles. The van der Waals surface area contributed by atoms with Crippen LogP contribution in [-0.2, 0) is 9.53 Å². The summed E-state index contributed by atoms with van der Waals surface area (Å²) in [6, 6.07) is 15.5. The smallest absolute Gasteiger partial charge is 0.242 e. The van der Waals surface area contributed by atoms with E-state index in [-0.39, 0.29) is 5.91 Å². The molecule has 6 nitrogen and oxygen atoms in total. The molecule has 0 aliphatic heterocycles. The molecular weight excluding hydrogens is 398 g/mol. The number of hydrogen-bond acceptors (Lipinski definition) is 6. The molecule has 0 spiro atoms. The quantitative estimate of drug-likeness (QED) is 0.514. The zero-order chi connectivity index (χ0) is 21.5. The van der Waals surface area contributed by atoms with Crippen LogP contribution in [0, 0.1) is 6.92 Å². The highest BCUT2D eigenvalue weighted by molar-refractivity contribution is 7.14. The van der Waals surface area contributed by atoms with E-state index in [0.29, 0.717) is 13.2 Å². The number of benzene rings is 2. The van der Waals surface area contributed by atoms with Gasteiger partial charge in [0, 0.05) is 30.3 Å². The molecule has 1 amide bonds. The summed E-state index contributed by atoms with van der Waals surface area (Å²) in [7, 11) is 3.26. The van der Waals surface area contributed by atoms with E-state index in [1.54, 1.807) is 14.2 Å². The van der Waals surface area contributed by atoms with Crippen LogP contribution in [-0.4, -0.2) is 44.3 Å². The Balaban J connectivity index is 1.92. The summed E-state index contributed by atoms with van der Waals surface area (Å²) >= 11 is 1.52. The maximum atomic E-state index is 12.8. The van der Waals surface area contributed by atoms with Crippen LogP contribution in [0.1, 0.15) is 12.5 Å². The third-order valence-electron chi connectivity index (χ3n) is 4.74. The zero-order valence-corrected chi connectivity index (χ0v) is 18.5. The molecule has 0 aliphatic carbocycles. The number of nitrogens with one attached hydrogen (secondary N) is 1. The third kappa shape index (κ3) is 5.17. The highest BCUT2D eigenvalue weighted by Gasteiger charge is 2.26. The van der Waals surface area contributed by atoms with E-state index in [0.717, 1.165) is 33.4 Å². The maximum Gasteiger partial charge on any atom is 0.242 e. The minimum atomic E-state index is -0.432. The van der Waals surface area contributed by atoms with E-state index in [4.69, 9.17) is 14.5 Å². The number of nitrogens with zero attached hydrogens (tertiary/aromatic N) is 2. The fraction of sp³-hybridized carbons (Fsp3) is 0.304. The average molecular weight is 426 g/mol. The van der Waals surface area contributed by atoms with Gasteiger partial charge in [0.05, 0.1) is 19.4 Å². The lowest BCUT2D eigenvalue weighted by Gasteiger charge is -2.28. The minimum absolute atomic E-state index is 0.0743. The first kappa shape index (κ1) is 21.8. The highest BCUT2D eigenvalue weighted by Crippen LogP contribution is 2.34. The normalized spacial score (nSPS) is 11.7. The molecule has 3 rings (SSSR count). The second kappa shape index (κ2) is 10.2. The first-order chi connectivity index (χ1) is 14.5. The van der Waals surface area contributed by atoms with Gasteiger partial charge in [-0.15, -0.1) is 11.3 Å². The van der Waals surface area contributed by atoms with Gasteiger partial charge in [-0.2, -0.15) is 0 Å². The van der Waals surface area contributed by atoms with Gasteiger partial charge < -0.3 is 19.7 Å². The standard InChI is InChI=1S/C23H27N3O3S/c1-16-6-5-7-19(14-16)26(17(2)22(27)24-12-13-28-3)23-25-21(15-30-23)18-8-10-20(29-4)11-9-18/h5-11,14-15,17H,12-13H2,1-4H3,(H,24,27)/t17-/m1/s1. The molecule has 1 atom stereocenters. The van der Waals surface area contributed by atoms with Crippen LogP contribution in [0.4, 0.5) is 10.8 Å². The summed E-state index contributed by atoms with van der Waals surface area (Å²) < 4.78 is 10.3. The molecule has 158 valence electrons. The van der Waals surface area contributed by atoms with Crippen molar-refractivity contribution in [1.29, 1.82) is 0 Å². The second-order valence-corrected chi connectivity index (χ2v) is 7.75. The number of carbonyl (C=O) groups is 1. The molecule has 0 radical (unpaired) electrons. The van der Waals surface area contributed by atoms with Crippen LogP contribution in [0.15, 0.2) is 53.9 Å². The molecule has 2 aromatic carbocycles. The van der Waals surface area contributed by atoms with Gasteiger partial charge in [-0.1, -0.05) is 12.1 Å². The van der Waals surface area contributed by atoms with Crippen LogP contribution in [0.25, 0.3) is 11.3 Å². The zero-order valence-electron chi connectivity index (χ0n) is 17.7. The molecule has 3 aromatic rings. The molecule has 0 saturated carbocycles. The molecule has 1 N–H and O–H groups in total. The van der Waals surface area contributed by atoms with Crippen molar-refractivity contribution in [3.8, 4) is 17.0 Å². The minimum Gasteiger partial charge on any atom is -0.497 e. The van der Waals surface area contributed by atoms with E-state index in [1.165, 1.54) is 11.3 Å². The average Bonchev–Trinajstić information content (AvgIpc) is 3.23. The van der Waals surface area contributed by atoms with Crippen molar-refractivity contribution in [2.75, 3.05) is 32.3 Å². The number of amides is 1. The maximum absolute atomic E-state index is 12.8. The van der Waals surface area contributed by atoms with Gasteiger partial charge in [0.15, 0.2) is 5.13 Å². The van der Waals surface area contributed by atoms with Crippen LogP contribution >= 0.6 is 11.3 Å². The van der Waals surface area contributed by atoms with E-state index >= 15 is 0 Å². The fourth-order valence-electron chi connectivity index (χ4n) is 3.09. The van der Waals surface area contributed by atoms with Crippen molar-refractivity contribution in [3.63, 3.8) is 0 Å². The summed E-state index contributed by atoms with van der Waals surface area (Å²) in [5.41, 5.74) is 3.92. The Morgan fingerprint density at radius 3 is 2.63 bits per heavy atom. The highest BCUT2D eigenvalue weighted by atomic mass is 32.1. The molecule has 7 heteroatoms. The van der Waals surface area contributed by atoms with Gasteiger partial charge in [-0.25, -0.2) is 4.98 Å². The van der Waals surface area contributed by atoms with Gasteiger partial charge >= 0.3 is 0 Å². The largest absolute Gasteiger partial charge is 0.497 e. The molecule has 0 aliphatic rings. The first-order valence-electron chi connectivity index (χ1n) is 9.76. The molecule has 0 saturated heterocycles. The van der Waals surface area contributed by atoms with Gasteiger partial charge in [0.2, 0.25) is 5.91 Å². The topological polar surface area (TPSA) is 63.7 Å². The number of rotatable bonds is 9. The number of aromatic nitrogens is 1. The van der Waals surface area contributed by atoms with Crippen LogP contribution in [0.5, 0.6) is 5.75 Å². The van der Waals surface area contributed by atoms with Crippen molar-refractivity contribution < 1.29 is 14.3 Å². The summed E-state index contributed by atoms with van der Waals surface area (Å²) in [4.78, 5) is 19.6. The molecule has 0 bridgehead atoms. The Labute approximate surface area is 181 Å². The lowest BCUT2D eigenvalue weighted by Crippen LogP contribution is -2.44. The Hall–Kier alpha value is -2.90. The van der Waals surface area contributed by atoms with E-state index in [2.05, 4.69) is 11.4 Å². The number of ether oxygens (including phenoxy) is 2. The fourth-order valence-corrected chi connectivity index (χ4v) is 4.02. The SMILES string of the molecule is COCCNC(=O)[C@@H](C)N(c1cccc(C)c1)c1nc(-c2ccc(OC)cc2)cs1. The van der Waals surface area contributed by atoms with Gasteiger partial charge in [-0.05, 0) is 55.8 Å². The number of thiazole rings is 1. The number of hydrogen-bond donors (Lipinski definition) is 1. The lowest BCUT2D eigenvalue weighted by atomic mass is 10.1. The van der Waals surface area contributed by atoms with Crippen molar-refractivity contribution in [2.45, 2.75) is 19.9 Å². The Kier molecular flexibility index (Phi) is 7.43. The summed E-state index contributed by atoms with van der Waals surface area (Å²) in [5.74, 6) is 0.728. The molecule has 30 heavy (non-hydrogen) atoms. The van der Waals surface area contributed by atoms with Crippen molar-refractivity contribution in [2.24, 2.45) is 0 Å². The summed E-state index contributed by atoms with van der Waals surface area (Å²) in [5, 5.41) is 5.70. The van der Waals surface area contributed by atoms with Gasteiger partial charge in [-0.3, -0.25) is 4.79 Å². The van der Waals surface area contributed by atoms with Crippen LogP contribution in [0.3, 0.4) is 0 Å². The Bertz CT molecular complexity index is 972. The van der Waals surface area contributed by atoms with Crippen LogP contribution < -0.4 is 15.0 Å². The lowest BCUT2D eigenvalue weighted by molar-refractivity contribution is -0.122. The van der Waals surface area contributed by atoms with E-state index in [1.807, 2.05) is 66.6 Å². The van der Waals surface area contributed by atoms with E-state index in [9.17, 15) is 4.79 Å². The monoisotopic (exact) mass is 425 g/mol. The molecule has 0 fully saturated rings. The second-order valence-electron chi connectivity index (χ2n) is 6.91. The number of aryl methyl sites for hydroxylation is 1. The summed E-state index contributed by atoms with van der Waals surface area (Å²) in [6.45, 7) is 4.87. The van der Waals surface area contributed by atoms with Gasteiger partial charge in [0.1, 0.15) is 11.8 Å². The van der Waals surface area contributed by atoms with Crippen molar-refractivity contribution >= 4 is 28.1 Å². The predicted octanol–water partition coefficient (Wildman–Crippen LogP) is 4.42. The van der Waals surface area contributed by atoms with Crippen LogP contribution in [0.2, 0.25) is 0 Å². The number of carbonyl (C=O) groups excluding carboxylic acids is 1.